The molecule has 1 N–H and O–H groups in total. The van der Waals surface area contributed by atoms with E-state index in [0.717, 1.165) is 28.9 Å². The predicted octanol–water partition coefficient (Wildman–Crippen LogP) is 4.68. The van der Waals surface area contributed by atoms with Crippen LogP contribution in [0.1, 0.15) is 41.7 Å². The number of rotatable bonds is 6. The van der Waals surface area contributed by atoms with E-state index in [0.29, 0.717) is 0 Å². The van der Waals surface area contributed by atoms with Gasteiger partial charge < -0.3 is 5.32 Å². The lowest BCUT2D eigenvalue weighted by Crippen LogP contribution is -2.28. The molecule has 0 unspecified atom stereocenters. The van der Waals surface area contributed by atoms with Crippen LogP contribution in [0.5, 0.6) is 0 Å². The van der Waals surface area contributed by atoms with Gasteiger partial charge >= 0.3 is 0 Å². The Kier molecular flexibility index (Phi) is 5.88. The summed E-state index contributed by atoms with van der Waals surface area (Å²) in [6, 6.07) is 18.0. The normalized spacial score (nSPS) is 11.9. The fourth-order valence-corrected chi connectivity index (χ4v) is 2.96. The van der Waals surface area contributed by atoms with Crippen molar-refractivity contribution in [2.24, 2.45) is 0 Å². The highest BCUT2D eigenvalue weighted by Gasteiger charge is 2.16. The lowest BCUT2D eigenvalue weighted by atomic mass is 10.0. The average molecular weight is 299 g/mol. The zero-order chi connectivity index (χ0) is 15.1. The highest BCUT2D eigenvalue weighted by Crippen LogP contribution is 2.23. The van der Waals surface area contributed by atoms with E-state index in [1.165, 1.54) is 0 Å². The first-order chi connectivity index (χ1) is 10.3. The Morgan fingerprint density at radius 2 is 1.76 bits per heavy atom. The van der Waals surface area contributed by atoms with Crippen LogP contribution in [0.4, 0.5) is 0 Å². The average Bonchev–Trinajstić information content (AvgIpc) is 2.55. The summed E-state index contributed by atoms with van der Waals surface area (Å²) in [5.41, 5.74) is 1.91. The van der Waals surface area contributed by atoms with Crippen molar-refractivity contribution in [3.8, 4) is 0 Å². The Hall–Kier alpha value is -1.74. The number of hydrogen-bond donors (Lipinski definition) is 1. The Bertz CT molecular complexity index is 583. The van der Waals surface area contributed by atoms with E-state index in [1.807, 2.05) is 48.7 Å². The van der Waals surface area contributed by atoms with Gasteiger partial charge in [0, 0.05) is 4.90 Å². The van der Waals surface area contributed by atoms with E-state index in [-0.39, 0.29) is 11.9 Å². The molecule has 110 valence electrons. The molecule has 0 saturated heterocycles. The van der Waals surface area contributed by atoms with Gasteiger partial charge in [-0.25, -0.2) is 0 Å². The smallest absolute Gasteiger partial charge is 0.252 e. The van der Waals surface area contributed by atoms with Gasteiger partial charge in [0.05, 0.1) is 11.6 Å². The van der Waals surface area contributed by atoms with Crippen LogP contribution in [0.25, 0.3) is 0 Å². The lowest BCUT2D eigenvalue weighted by Gasteiger charge is -2.19. The molecule has 0 heterocycles. The van der Waals surface area contributed by atoms with Crippen molar-refractivity contribution in [3.63, 3.8) is 0 Å². The first-order valence-electron chi connectivity index (χ1n) is 7.25. The monoisotopic (exact) mass is 299 g/mol. The number of carbonyl (C=O) groups excluding carboxylic acids is 1. The van der Waals surface area contributed by atoms with Gasteiger partial charge in [-0.05, 0) is 30.4 Å². The van der Waals surface area contributed by atoms with Crippen LogP contribution in [-0.2, 0) is 0 Å². The molecule has 0 saturated carbocycles. The summed E-state index contributed by atoms with van der Waals surface area (Å²) in [4.78, 5) is 13.6. The molecule has 0 bridgehead atoms. The Labute approximate surface area is 131 Å². The molecule has 0 radical (unpaired) electrons. The third kappa shape index (κ3) is 4.11. The van der Waals surface area contributed by atoms with Crippen LogP contribution in [0, 0.1) is 0 Å². The van der Waals surface area contributed by atoms with Gasteiger partial charge in [0.15, 0.2) is 0 Å². The van der Waals surface area contributed by atoms with Gasteiger partial charge in [-0.3, -0.25) is 4.79 Å². The van der Waals surface area contributed by atoms with E-state index < -0.39 is 0 Å². The summed E-state index contributed by atoms with van der Waals surface area (Å²) >= 11 is 1.60. The molecule has 2 rings (SSSR count). The lowest BCUT2D eigenvalue weighted by molar-refractivity contribution is 0.0931. The topological polar surface area (TPSA) is 29.1 Å². The van der Waals surface area contributed by atoms with Gasteiger partial charge in [0.25, 0.3) is 5.91 Å². The summed E-state index contributed by atoms with van der Waals surface area (Å²) in [6.45, 7) is 2.14. The second-order valence-corrected chi connectivity index (χ2v) is 5.77. The molecule has 2 nitrogen and oxygen atoms in total. The standard InChI is InChI=1S/C18H21NOS/c1-3-9-16(14-10-5-4-6-11-14)19-18(20)15-12-7-8-13-17(15)21-2/h4-8,10-13,16H,3,9H2,1-2H3,(H,19,20)/t16-/m1/s1. The maximum atomic E-state index is 12.6. The largest absolute Gasteiger partial charge is 0.345 e. The van der Waals surface area contributed by atoms with Crippen LogP contribution >= 0.6 is 11.8 Å². The Morgan fingerprint density at radius 1 is 1.10 bits per heavy atom. The number of nitrogens with one attached hydrogen (secondary N) is 1. The highest BCUT2D eigenvalue weighted by atomic mass is 32.2. The van der Waals surface area contributed by atoms with Crippen molar-refractivity contribution in [1.82, 2.24) is 5.32 Å². The van der Waals surface area contributed by atoms with Crippen molar-refractivity contribution < 1.29 is 4.79 Å². The van der Waals surface area contributed by atoms with Gasteiger partial charge in [0.1, 0.15) is 0 Å². The summed E-state index contributed by atoms with van der Waals surface area (Å²) in [6.07, 6.45) is 3.97. The predicted molar refractivity (Wildman–Crippen MR) is 89.8 cm³/mol. The van der Waals surface area contributed by atoms with Crippen molar-refractivity contribution >= 4 is 17.7 Å². The molecule has 0 aliphatic carbocycles. The molecule has 1 amide bonds. The fraction of sp³-hybridized carbons (Fsp3) is 0.278. The molecule has 2 aromatic rings. The molecule has 21 heavy (non-hydrogen) atoms. The summed E-state index contributed by atoms with van der Waals surface area (Å²) < 4.78 is 0. The van der Waals surface area contributed by atoms with Crippen LogP contribution in [0.3, 0.4) is 0 Å². The molecule has 0 aliphatic rings. The summed E-state index contributed by atoms with van der Waals surface area (Å²) in [7, 11) is 0. The van der Waals surface area contributed by atoms with Gasteiger partial charge in [0.2, 0.25) is 0 Å². The third-order valence-corrected chi connectivity index (χ3v) is 4.23. The molecule has 0 fully saturated rings. The van der Waals surface area contributed by atoms with E-state index in [9.17, 15) is 4.79 Å². The van der Waals surface area contributed by atoms with Crippen molar-refractivity contribution in [3.05, 3.63) is 65.7 Å². The number of carbonyl (C=O) groups is 1. The number of amides is 1. The highest BCUT2D eigenvalue weighted by molar-refractivity contribution is 7.98. The fourth-order valence-electron chi connectivity index (χ4n) is 2.36. The third-order valence-electron chi connectivity index (χ3n) is 3.44. The molecule has 0 aliphatic heterocycles. The van der Waals surface area contributed by atoms with Crippen molar-refractivity contribution in [2.75, 3.05) is 6.26 Å². The SMILES string of the molecule is CCC[C@@H](NC(=O)c1ccccc1SC)c1ccccc1. The first kappa shape index (κ1) is 15.6. The Balaban J connectivity index is 2.19. The number of benzene rings is 2. The van der Waals surface area contributed by atoms with E-state index in [4.69, 9.17) is 0 Å². The molecular weight excluding hydrogens is 278 g/mol. The van der Waals surface area contributed by atoms with Gasteiger partial charge in [-0.2, -0.15) is 0 Å². The maximum Gasteiger partial charge on any atom is 0.252 e. The van der Waals surface area contributed by atoms with Crippen LogP contribution < -0.4 is 5.32 Å². The molecule has 0 spiro atoms. The summed E-state index contributed by atoms with van der Waals surface area (Å²) in [5.74, 6) is 0.00209. The zero-order valence-corrected chi connectivity index (χ0v) is 13.3. The van der Waals surface area contributed by atoms with Crippen molar-refractivity contribution in [2.45, 2.75) is 30.7 Å². The van der Waals surface area contributed by atoms with E-state index in [1.54, 1.807) is 11.8 Å². The molecule has 2 aromatic carbocycles. The van der Waals surface area contributed by atoms with Gasteiger partial charge in [-0.1, -0.05) is 55.8 Å². The van der Waals surface area contributed by atoms with E-state index >= 15 is 0 Å². The van der Waals surface area contributed by atoms with Crippen LogP contribution in [0.2, 0.25) is 0 Å². The zero-order valence-electron chi connectivity index (χ0n) is 12.5. The number of hydrogen-bond acceptors (Lipinski definition) is 2. The van der Waals surface area contributed by atoms with Crippen LogP contribution in [-0.4, -0.2) is 12.2 Å². The quantitative estimate of drug-likeness (QED) is 0.785. The molecule has 0 aromatic heterocycles. The second kappa shape index (κ2) is 7.89. The first-order valence-corrected chi connectivity index (χ1v) is 8.47. The van der Waals surface area contributed by atoms with Crippen LogP contribution in [0.15, 0.2) is 59.5 Å². The molecule has 1 atom stereocenters. The maximum absolute atomic E-state index is 12.6. The van der Waals surface area contributed by atoms with E-state index in [2.05, 4.69) is 24.4 Å². The van der Waals surface area contributed by atoms with Gasteiger partial charge in [-0.15, -0.1) is 11.8 Å². The Morgan fingerprint density at radius 3 is 2.43 bits per heavy atom. The minimum Gasteiger partial charge on any atom is -0.345 e. The molecular formula is C18H21NOS. The minimum atomic E-state index is 0.00209. The molecule has 3 heteroatoms. The summed E-state index contributed by atoms with van der Waals surface area (Å²) in [5, 5.41) is 3.17. The number of thioether (sulfide) groups is 1. The van der Waals surface area contributed by atoms with Crippen molar-refractivity contribution in [1.29, 1.82) is 0 Å². The minimum absolute atomic E-state index is 0.00209. The second-order valence-electron chi connectivity index (χ2n) is 4.93.